The van der Waals surface area contributed by atoms with E-state index in [2.05, 4.69) is 22.4 Å². The van der Waals surface area contributed by atoms with E-state index in [-0.39, 0.29) is 11.5 Å². The molecule has 4 rings (SSSR count). The maximum atomic E-state index is 12.3. The molecule has 1 N–H and O–H groups in total. The molecule has 1 amide bonds. The Morgan fingerprint density at radius 1 is 1.31 bits per heavy atom. The van der Waals surface area contributed by atoms with Crippen LogP contribution in [0, 0.1) is 6.92 Å². The van der Waals surface area contributed by atoms with Gasteiger partial charge in [0, 0.05) is 42.6 Å². The van der Waals surface area contributed by atoms with Crippen molar-refractivity contribution in [3.8, 4) is 5.75 Å². The van der Waals surface area contributed by atoms with Crippen LogP contribution in [0.15, 0.2) is 18.2 Å². The van der Waals surface area contributed by atoms with Crippen LogP contribution in [0.2, 0.25) is 5.02 Å². The van der Waals surface area contributed by atoms with Gasteiger partial charge in [0.15, 0.2) is 0 Å². The summed E-state index contributed by atoms with van der Waals surface area (Å²) in [7, 11) is 0. The Labute approximate surface area is 160 Å². The van der Waals surface area contributed by atoms with Crippen LogP contribution in [0.3, 0.4) is 0 Å². The number of halogens is 1. The third kappa shape index (κ3) is 3.77. The predicted molar refractivity (Wildman–Crippen MR) is 105 cm³/mol. The molecule has 0 radical (unpaired) electrons. The number of rotatable bonds is 3. The molecular weight excluding hydrogens is 348 g/mol. The number of hydrogen-bond donors (Lipinski definition) is 1. The summed E-state index contributed by atoms with van der Waals surface area (Å²) >= 11 is 6.22. The molecule has 1 saturated carbocycles. The highest BCUT2D eigenvalue weighted by Gasteiger charge is 2.37. The normalized spacial score (nSPS) is 22.2. The highest BCUT2D eigenvalue weighted by atomic mass is 35.5. The van der Waals surface area contributed by atoms with E-state index in [1.807, 2.05) is 19.1 Å². The first-order valence-corrected chi connectivity index (χ1v) is 10.1. The smallest absolute Gasteiger partial charge is 0.234 e. The summed E-state index contributed by atoms with van der Waals surface area (Å²) in [6.45, 7) is 4.26. The van der Waals surface area contributed by atoms with Gasteiger partial charge in [-0.2, -0.15) is 0 Å². The molecule has 0 atom stereocenters. The minimum absolute atomic E-state index is 0.170. The molecule has 4 nitrogen and oxygen atoms in total. The zero-order valence-electron chi connectivity index (χ0n) is 15.4. The summed E-state index contributed by atoms with van der Waals surface area (Å²) in [5.74, 6) is 1.09. The number of benzene rings is 1. The highest BCUT2D eigenvalue weighted by Crippen LogP contribution is 2.39. The van der Waals surface area contributed by atoms with Crippen LogP contribution < -0.4 is 10.1 Å². The molecule has 0 aromatic heterocycles. The Morgan fingerprint density at radius 3 is 2.77 bits per heavy atom. The maximum absolute atomic E-state index is 12.3. The van der Waals surface area contributed by atoms with Gasteiger partial charge in [-0.05, 0) is 43.5 Å². The summed E-state index contributed by atoms with van der Waals surface area (Å²) < 4.78 is 6.38. The van der Waals surface area contributed by atoms with E-state index in [1.54, 1.807) is 0 Å². The molecule has 0 bridgehead atoms. The number of fused-ring (bicyclic) bond motifs is 1. The van der Waals surface area contributed by atoms with Crippen molar-refractivity contribution in [2.45, 2.75) is 57.1 Å². The second-order valence-electron chi connectivity index (χ2n) is 7.96. The quantitative estimate of drug-likeness (QED) is 0.871. The van der Waals surface area contributed by atoms with Crippen molar-refractivity contribution < 1.29 is 9.53 Å². The molecule has 2 aliphatic heterocycles. The molecule has 3 aliphatic rings. The van der Waals surface area contributed by atoms with Crippen LogP contribution in [0.25, 0.3) is 6.08 Å². The average molecular weight is 375 g/mol. The van der Waals surface area contributed by atoms with Gasteiger partial charge in [-0.1, -0.05) is 30.5 Å². The van der Waals surface area contributed by atoms with E-state index in [0.717, 1.165) is 60.7 Å². The van der Waals surface area contributed by atoms with Gasteiger partial charge in [-0.25, -0.2) is 0 Å². The van der Waals surface area contributed by atoms with E-state index in [1.165, 1.54) is 12.8 Å². The Hall–Kier alpha value is -1.52. The maximum Gasteiger partial charge on any atom is 0.234 e. The minimum atomic E-state index is -0.244. The van der Waals surface area contributed by atoms with Crippen molar-refractivity contribution in [3.05, 3.63) is 34.4 Å². The summed E-state index contributed by atoms with van der Waals surface area (Å²) in [6, 6.07) is 4.40. The summed E-state index contributed by atoms with van der Waals surface area (Å²) in [4.78, 5) is 14.5. The number of carbonyl (C=O) groups is 1. The molecule has 26 heavy (non-hydrogen) atoms. The lowest BCUT2D eigenvalue weighted by molar-refractivity contribution is -0.123. The van der Waals surface area contributed by atoms with Gasteiger partial charge in [-0.3, -0.25) is 9.69 Å². The average Bonchev–Trinajstić information content (AvgIpc) is 3.11. The molecule has 1 aliphatic carbocycles. The fraction of sp³-hybridized carbons (Fsp3) is 0.571. The van der Waals surface area contributed by atoms with Gasteiger partial charge in [-0.15, -0.1) is 0 Å². The van der Waals surface area contributed by atoms with E-state index in [0.29, 0.717) is 12.6 Å². The van der Waals surface area contributed by atoms with Crippen LogP contribution >= 0.6 is 11.6 Å². The molecule has 5 heteroatoms. The topological polar surface area (TPSA) is 41.6 Å². The Balaban J connectivity index is 1.33. The number of likely N-dealkylation sites (tertiary alicyclic amines) is 1. The van der Waals surface area contributed by atoms with Crippen LogP contribution in [0.1, 0.15) is 49.7 Å². The first-order chi connectivity index (χ1) is 12.5. The number of nitrogens with zero attached hydrogens (tertiary/aromatic N) is 1. The highest BCUT2D eigenvalue weighted by molar-refractivity contribution is 6.31. The minimum Gasteiger partial charge on any atom is -0.482 e. The molecule has 2 fully saturated rings. The summed E-state index contributed by atoms with van der Waals surface area (Å²) in [5.41, 5.74) is 1.84. The van der Waals surface area contributed by atoms with E-state index in [4.69, 9.17) is 16.3 Å². The van der Waals surface area contributed by atoms with E-state index in [9.17, 15) is 4.79 Å². The lowest BCUT2D eigenvalue weighted by atomic mass is 9.88. The van der Waals surface area contributed by atoms with Crippen molar-refractivity contribution in [1.82, 2.24) is 10.2 Å². The van der Waals surface area contributed by atoms with Crippen LogP contribution in [0.5, 0.6) is 5.75 Å². The molecule has 2 heterocycles. The monoisotopic (exact) mass is 374 g/mol. The van der Waals surface area contributed by atoms with Crippen molar-refractivity contribution >= 4 is 23.6 Å². The molecule has 1 saturated heterocycles. The fourth-order valence-corrected chi connectivity index (χ4v) is 4.46. The molecule has 1 aromatic rings. The van der Waals surface area contributed by atoms with Gasteiger partial charge in [0.05, 0.1) is 6.54 Å². The van der Waals surface area contributed by atoms with E-state index < -0.39 is 0 Å². The molecule has 1 spiro atoms. The number of amides is 1. The second-order valence-corrected chi connectivity index (χ2v) is 8.37. The van der Waals surface area contributed by atoms with Gasteiger partial charge in [0.25, 0.3) is 0 Å². The van der Waals surface area contributed by atoms with Crippen LogP contribution in [-0.4, -0.2) is 42.1 Å². The number of aryl methyl sites for hydroxylation is 1. The van der Waals surface area contributed by atoms with Gasteiger partial charge < -0.3 is 10.1 Å². The zero-order chi connectivity index (χ0) is 18.1. The number of carbonyl (C=O) groups excluding carboxylic acids is 1. The lowest BCUT2D eigenvalue weighted by Gasteiger charge is -2.41. The Bertz CT molecular complexity index is 717. The first-order valence-electron chi connectivity index (χ1n) is 9.73. The SMILES string of the molecule is Cc1cc2c(cc1Cl)C=CC1(CCN(CC(=O)NC3CCCC3)CC1)O2. The molecule has 1 aromatic carbocycles. The van der Waals surface area contributed by atoms with Crippen molar-refractivity contribution in [3.63, 3.8) is 0 Å². The summed E-state index contributed by atoms with van der Waals surface area (Å²) in [5, 5.41) is 3.96. The third-order valence-electron chi connectivity index (χ3n) is 5.96. The van der Waals surface area contributed by atoms with Gasteiger partial charge in [0.1, 0.15) is 11.4 Å². The van der Waals surface area contributed by atoms with Crippen LogP contribution in [0.4, 0.5) is 0 Å². The number of nitrogens with one attached hydrogen (secondary N) is 1. The Kier molecular flexibility index (Phi) is 4.98. The first kappa shape index (κ1) is 17.9. The number of piperidine rings is 1. The zero-order valence-corrected chi connectivity index (χ0v) is 16.1. The predicted octanol–water partition coefficient (Wildman–Crippen LogP) is 3.95. The number of ether oxygens (including phenoxy) is 1. The second kappa shape index (κ2) is 7.24. The van der Waals surface area contributed by atoms with Crippen molar-refractivity contribution in [1.29, 1.82) is 0 Å². The van der Waals surface area contributed by atoms with E-state index >= 15 is 0 Å². The summed E-state index contributed by atoms with van der Waals surface area (Å²) in [6.07, 6.45) is 10.9. The van der Waals surface area contributed by atoms with Gasteiger partial charge >= 0.3 is 0 Å². The molecular formula is C21H27ClN2O2. The third-order valence-corrected chi connectivity index (χ3v) is 6.37. The van der Waals surface area contributed by atoms with Crippen LogP contribution in [-0.2, 0) is 4.79 Å². The van der Waals surface area contributed by atoms with Crippen molar-refractivity contribution in [2.75, 3.05) is 19.6 Å². The fourth-order valence-electron chi connectivity index (χ4n) is 4.29. The molecule has 0 unspecified atom stereocenters. The largest absolute Gasteiger partial charge is 0.482 e. The molecule has 140 valence electrons. The number of hydrogen-bond acceptors (Lipinski definition) is 3. The Morgan fingerprint density at radius 2 is 2.04 bits per heavy atom. The standard InChI is InChI=1S/C21H27ClN2O2/c1-15-12-19-16(13-18(15)22)6-7-21(26-19)8-10-24(11-9-21)14-20(25)23-17-4-2-3-5-17/h6-7,12-13,17H,2-5,8-11,14H2,1H3,(H,23,25). The lowest BCUT2D eigenvalue weighted by Crippen LogP contribution is -2.50. The van der Waals surface area contributed by atoms with Crippen molar-refractivity contribution in [2.24, 2.45) is 0 Å². The van der Waals surface area contributed by atoms with Gasteiger partial charge in [0.2, 0.25) is 5.91 Å².